The molecule has 0 aliphatic carbocycles. The Balaban J connectivity index is 0. The molecule has 0 atom stereocenters. The zero-order chi connectivity index (χ0) is 28.5. The molecule has 0 fully saturated rings. The van der Waals surface area contributed by atoms with E-state index in [1.165, 1.54) is 205 Å². The minimum Gasteiger partial charge on any atom is -0.555 e. The Hall–Kier alpha value is 1.18. The SMILES string of the molecule is C=[C-]N(C)C(CCCCCCCCCCCCCCCCC)CCCCCCCCCCCCCCCCC.[K+]. The van der Waals surface area contributed by atoms with Gasteiger partial charge in [0.05, 0.1) is 0 Å². The van der Waals surface area contributed by atoms with Gasteiger partial charge in [-0.3, -0.25) is 6.58 Å². The summed E-state index contributed by atoms with van der Waals surface area (Å²) in [4.78, 5) is 2.27. The first kappa shape index (κ1) is 43.3. The summed E-state index contributed by atoms with van der Waals surface area (Å²) >= 11 is 0. The van der Waals surface area contributed by atoms with Crippen LogP contribution in [0.2, 0.25) is 0 Å². The molecule has 0 spiro atoms. The second kappa shape index (κ2) is 38.2. The van der Waals surface area contributed by atoms with Crippen molar-refractivity contribution in [2.24, 2.45) is 0 Å². The maximum atomic E-state index is 3.92. The van der Waals surface area contributed by atoms with Crippen LogP contribution in [0.5, 0.6) is 0 Å². The van der Waals surface area contributed by atoms with Crippen LogP contribution >= 0.6 is 0 Å². The van der Waals surface area contributed by atoms with Crippen molar-refractivity contribution in [1.82, 2.24) is 4.90 Å². The second-order valence-electron chi connectivity index (χ2n) is 12.9. The fraction of sp³-hybridized carbons (Fsp3) is 0.947. The molecule has 0 aliphatic heterocycles. The first-order valence-corrected chi connectivity index (χ1v) is 18.5. The molecule has 0 amide bonds. The fourth-order valence-corrected chi connectivity index (χ4v) is 6.16. The summed E-state index contributed by atoms with van der Waals surface area (Å²) < 4.78 is 0. The summed E-state index contributed by atoms with van der Waals surface area (Å²) in [6, 6.07) is 0.659. The second-order valence-corrected chi connectivity index (χ2v) is 12.9. The molecule has 0 aromatic carbocycles. The van der Waals surface area contributed by atoms with E-state index < -0.39 is 0 Å². The Labute approximate surface area is 298 Å². The summed E-state index contributed by atoms with van der Waals surface area (Å²) in [6.45, 7) is 8.53. The molecule has 0 saturated carbocycles. The number of unbranched alkanes of at least 4 members (excludes halogenated alkanes) is 28. The molecule has 234 valence electrons. The number of hydrogen-bond donors (Lipinski definition) is 0. The molecule has 0 aliphatic rings. The van der Waals surface area contributed by atoms with Crippen LogP contribution in [0.15, 0.2) is 6.58 Å². The molecule has 2 heteroatoms. The number of nitrogens with zero attached hydrogens (tertiary/aromatic N) is 1. The Bertz CT molecular complexity index is 417. The van der Waals surface area contributed by atoms with E-state index in [9.17, 15) is 0 Å². The maximum Gasteiger partial charge on any atom is 1.00 e. The van der Waals surface area contributed by atoms with Gasteiger partial charge in [0.25, 0.3) is 0 Å². The molecule has 0 radical (unpaired) electrons. The molecule has 0 bridgehead atoms. The van der Waals surface area contributed by atoms with Crippen molar-refractivity contribution in [1.29, 1.82) is 0 Å². The van der Waals surface area contributed by atoms with Gasteiger partial charge in [0.2, 0.25) is 0 Å². The fourth-order valence-electron chi connectivity index (χ4n) is 6.16. The van der Waals surface area contributed by atoms with Gasteiger partial charge in [0, 0.05) is 0 Å². The Morgan fingerprint density at radius 2 is 0.600 bits per heavy atom. The quantitative estimate of drug-likeness (QED) is 0.0314. The van der Waals surface area contributed by atoms with E-state index in [1.54, 1.807) is 0 Å². The van der Waals surface area contributed by atoms with Crippen LogP contribution in [0, 0.1) is 6.20 Å². The van der Waals surface area contributed by atoms with Crippen LogP contribution in [0.4, 0.5) is 0 Å². The minimum absolute atomic E-state index is 0. The number of hydrogen-bond acceptors (Lipinski definition) is 1. The van der Waals surface area contributed by atoms with E-state index >= 15 is 0 Å². The zero-order valence-corrected chi connectivity index (χ0v) is 32.0. The van der Waals surface area contributed by atoms with Crippen LogP contribution < -0.4 is 51.4 Å². The van der Waals surface area contributed by atoms with Gasteiger partial charge in [-0.2, -0.15) is 0 Å². The topological polar surface area (TPSA) is 3.24 Å². The Morgan fingerprint density at radius 3 is 0.800 bits per heavy atom. The van der Waals surface area contributed by atoms with Gasteiger partial charge in [0.1, 0.15) is 0 Å². The summed E-state index contributed by atoms with van der Waals surface area (Å²) in [5.41, 5.74) is 0. The van der Waals surface area contributed by atoms with Crippen molar-refractivity contribution < 1.29 is 51.4 Å². The predicted octanol–water partition coefficient (Wildman–Crippen LogP) is 10.8. The average Bonchev–Trinajstić information content (AvgIpc) is 2.95. The molecule has 0 aromatic heterocycles. The maximum absolute atomic E-state index is 3.92. The first-order valence-electron chi connectivity index (χ1n) is 18.5. The van der Waals surface area contributed by atoms with E-state index in [1.807, 2.05) is 0 Å². The molecule has 1 nitrogen and oxygen atoms in total. The van der Waals surface area contributed by atoms with E-state index in [2.05, 4.69) is 38.6 Å². The van der Waals surface area contributed by atoms with Gasteiger partial charge in [-0.15, -0.1) is 0 Å². The Kier molecular flexibility index (Phi) is 41.4. The molecule has 0 saturated heterocycles. The van der Waals surface area contributed by atoms with E-state index in [-0.39, 0.29) is 51.4 Å². The van der Waals surface area contributed by atoms with Gasteiger partial charge in [-0.1, -0.05) is 206 Å². The van der Waals surface area contributed by atoms with Crippen molar-refractivity contribution in [2.45, 2.75) is 225 Å². The summed E-state index contributed by atoms with van der Waals surface area (Å²) in [6.07, 6.45) is 49.2. The van der Waals surface area contributed by atoms with Gasteiger partial charge >= 0.3 is 51.4 Å². The van der Waals surface area contributed by atoms with Gasteiger partial charge in [0.15, 0.2) is 0 Å². The molecule has 0 unspecified atom stereocenters. The smallest absolute Gasteiger partial charge is 0.555 e. The van der Waals surface area contributed by atoms with Crippen molar-refractivity contribution >= 4 is 0 Å². The van der Waals surface area contributed by atoms with E-state index in [0.29, 0.717) is 6.04 Å². The van der Waals surface area contributed by atoms with Crippen molar-refractivity contribution in [2.75, 3.05) is 7.05 Å². The average molecular weight is 586 g/mol. The molecular formula is C38H76KN. The summed E-state index contributed by atoms with van der Waals surface area (Å²) in [5, 5.41) is 0. The number of rotatable bonds is 34. The summed E-state index contributed by atoms with van der Waals surface area (Å²) in [7, 11) is 2.19. The monoisotopic (exact) mass is 586 g/mol. The molecule has 40 heavy (non-hydrogen) atoms. The van der Waals surface area contributed by atoms with Crippen LogP contribution in [-0.2, 0) is 0 Å². The molecule has 0 rings (SSSR count). The molecule has 0 N–H and O–H groups in total. The van der Waals surface area contributed by atoms with Gasteiger partial charge < -0.3 is 11.1 Å². The van der Waals surface area contributed by atoms with Crippen LogP contribution in [-0.4, -0.2) is 18.0 Å². The summed E-state index contributed by atoms with van der Waals surface area (Å²) in [5.74, 6) is 0. The largest absolute Gasteiger partial charge is 1.00 e. The molecular weight excluding hydrogens is 510 g/mol. The van der Waals surface area contributed by atoms with E-state index in [0.717, 1.165) is 0 Å². The normalized spacial score (nSPS) is 11.2. The van der Waals surface area contributed by atoms with Gasteiger partial charge in [-0.05, 0) is 25.9 Å². The predicted molar refractivity (Wildman–Crippen MR) is 180 cm³/mol. The van der Waals surface area contributed by atoms with Crippen molar-refractivity contribution in [3.63, 3.8) is 0 Å². The van der Waals surface area contributed by atoms with Crippen LogP contribution in [0.25, 0.3) is 0 Å². The Morgan fingerprint density at radius 1 is 0.400 bits per heavy atom. The van der Waals surface area contributed by atoms with Crippen LogP contribution in [0.1, 0.15) is 219 Å². The standard InChI is InChI=1S/C38H76N.K/c1-5-8-10-12-14-16-18-20-22-24-26-28-30-32-34-36-38(39(4)7-3)37-35-33-31-29-27-25-23-21-19-17-15-13-11-9-6-2;/h38H,3,5-6,8-37H2,1-2,4H3;/q-1;+1. The minimum atomic E-state index is 0. The van der Waals surface area contributed by atoms with Crippen molar-refractivity contribution in [3.05, 3.63) is 12.8 Å². The van der Waals surface area contributed by atoms with Crippen LogP contribution in [0.3, 0.4) is 0 Å². The molecule has 0 aromatic rings. The third kappa shape index (κ3) is 33.7. The van der Waals surface area contributed by atoms with E-state index in [4.69, 9.17) is 0 Å². The third-order valence-electron chi connectivity index (χ3n) is 9.08. The van der Waals surface area contributed by atoms with Crippen molar-refractivity contribution in [3.8, 4) is 0 Å². The molecule has 0 heterocycles. The zero-order valence-electron chi connectivity index (χ0n) is 28.9. The third-order valence-corrected chi connectivity index (χ3v) is 9.08. The first-order chi connectivity index (χ1) is 19.3. The van der Waals surface area contributed by atoms with Gasteiger partial charge in [-0.25, -0.2) is 0 Å².